The molecule has 0 spiro atoms. The first kappa shape index (κ1) is 13.7. The molecule has 2 rings (SSSR count). The molecule has 0 fully saturated rings. The van der Waals surface area contributed by atoms with E-state index in [2.05, 4.69) is 17.2 Å². The third kappa shape index (κ3) is 3.01. The van der Waals surface area contributed by atoms with Crippen molar-refractivity contribution >= 4 is 17.5 Å². The summed E-state index contributed by atoms with van der Waals surface area (Å²) in [6.07, 6.45) is 3.04. The highest BCUT2D eigenvalue weighted by atomic mass is 35.5. The number of aryl methyl sites for hydroxylation is 1. The monoisotopic (exact) mass is 279 g/mol. The molecule has 0 amide bonds. The van der Waals surface area contributed by atoms with Gasteiger partial charge in [-0.3, -0.25) is 4.57 Å². The molecule has 0 aliphatic rings. The Balaban J connectivity index is 2.40. The molecular formula is C14H18ClN3O. The van der Waals surface area contributed by atoms with E-state index in [1.807, 2.05) is 35.9 Å². The maximum atomic E-state index is 6.05. The summed E-state index contributed by atoms with van der Waals surface area (Å²) in [5.74, 6) is 1.50. The molecule has 1 aromatic carbocycles. The quantitative estimate of drug-likeness (QED) is 0.908. The number of imidazole rings is 1. The van der Waals surface area contributed by atoms with Crippen LogP contribution in [0.15, 0.2) is 24.4 Å². The van der Waals surface area contributed by atoms with E-state index in [-0.39, 0.29) is 0 Å². The number of halogens is 1. The van der Waals surface area contributed by atoms with Crippen LogP contribution in [-0.2, 0) is 0 Å². The molecule has 19 heavy (non-hydrogen) atoms. The number of nitrogens with one attached hydrogen (secondary N) is 1. The SMILES string of the molecule is CCCNc1nc(C)cn1-c1ccc(Cl)c(OC)c1. The van der Waals surface area contributed by atoms with E-state index < -0.39 is 0 Å². The maximum absolute atomic E-state index is 6.05. The highest BCUT2D eigenvalue weighted by Crippen LogP contribution is 2.28. The number of benzene rings is 1. The van der Waals surface area contributed by atoms with E-state index in [1.54, 1.807) is 7.11 Å². The zero-order valence-electron chi connectivity index (χ0n) is 11.4. The van der Waals surface area contributed by atoms with Crippen LogP contribution in [-0.4, -0.2) is 23.2 Å². The second kappa shape index (κ2) is 5.97. The normalized spacial score (nSPS) is 10.5. The van der Waals surface area contributed by atoms with E-state index in [1.165, 1.54) is 0 Å². The summed E-state index contributed by atoms with van der Waals surface area (Å²) >= 11 is 6.05. The lowest BCUT2D eigenvalue weighted by atomic mass is 10.3. The summed E-state index contributed by atoms with van der Waals surface area (Å²) in [6.45, 7) is 4.99. The second-order valence-corrected chi connectivity index (χ2v) is 4.73. The van der Waals surface area contributed by atoms with Gasteiger partial charge in [-0.2, -0.15) is 0 Å². The van der Waals surface area contributed by atoms with Gasteiger partial charge in [0.15, 0.2) is 0 Å². The van der Waals surface area contributed by atoms with Crippen LogP contribution < -0.4 is 10.1 Å². The van der Waals surface area contributed by atoms with Crippen molar-refractivity contribution < 1.29 is 4.74 Å². The Morgan fingerprint density at radius 2 is 2.21 bits per heavy atom. The van der Waals surface area contributed by atoms with Crippen molar-refractivity contribution in [2.24, 2.45) is 0 Å². The van der Waals surface area contributed by atoms with Crippen molar-refractivity contribution in [3.8, 4) is 11.4 Å². The van der Waals surface area contributed by atoms with Gasteiger partial charge in [0, 0.05) is 18.8 Å². The first-order valence-corrected chi connectivity index (χ1v) is 6.67. The molecule has 0 atom stereocenters. The standard InChI is InChI=1S/C14H18ClN3O/c1-4-7-16-14-17-10(2)9-18(14)11-5-6-12(15)13(8-11)19-3/h5-6,8-9H,4,7H2,1-3H3,(H,16,17). The van der Waals surface area contributed by atoms with Crippen LogP contribution in [0.1, 0.15) is 19.0 Å². The summed E-state index contributed by atoms with van der Waals surface area (Å²) in [5.41, 5.74) is 1.94. The van der Waals surface area contributed by atoms with Gasteiger partial charge in [-0.05, 0) is 25.5 Å². The Kier molecular flexibility index (Phi) is 4.32. The van der Waals surface area contributed by atoms with Crippen molar-refractivity contribution in [3.63, 3.8) is 0 Å². The van der Waals surface area contributed by atoms with Crippen LogP contribution in [0.2, 0.25) is 5.02 Å². The minimum Gasteiger partial charge on any atom is -0.495 e. The van der Waals surface area contributed by atoms with Crippen molar-refractivity contribution in [1.82, 2.24) is 9.55 Å². The third-order valence-corrected chi connectivity index (χ3v) is 3.08. The Labute approximate surface area is 118 Å². The first-order chi connectivity index (χ1) is 9.15. The minimum atomic E-state index is 0.603. The summed E-state index contributed by atoms with van der Waals surface area (Å²) in [7, 11) is 1.61. The van der Waals surface area contributed by atoms with E-state index in [0.717, 1.165) is 30.3 Å². The van der Waals surface area contributed by atoms with E-state index in [0.29, 0.717) is 10.8 Å². The average Bonchev–Trinajstić information content (AvgIpc) is 2.78. The van der Waals surface area contributed by atoms with Crippen molar-refractivity contribution in [3.05, 3.63) is 35.1 Å². The van der Waals surface area contributed by atoms with Gasteiger partial charge in [0.25, 0.3) is 0 Å². The lowest BCUT2D eigenvalue weighted by molar-refractivity contribution is 0.415. The van der Waals surface area contributed by atoms with Gasteiger partial charge < -0.3 is 10.1 Å². The highest BCUT2D eigenvalue weighted by molar-refractivity contribution is 6.32. The zero-order chi connectivity index (χ0) is 13.8. The molecule has 0 saturated carbocycles. The number of methoxy groups -OCH3 is 1. The molecule has 102 valence electrons. The van der Waals surface area contributed by atoms with Gasteiger partial charge in [0.05, 0.1) is 23.5 Å². The summed E-state index contributed by atoms with van der Waals surface area (Å²) in [5, 5.41) is 3.92. The summed E-state index contributed by atoms with van der Waals surface area (Å²) in [6, 6.07) is 5.68. The number of ether oxygens (including phenoxy) is 1. The predicted octanol–water partition coefficient (Wildman–Crippen LogP) is 3.66. The van der Waals surface area contributed by atoms with Crippen molar-refractivity contribution in [1.29, 1.82) is 0 Å². The van der Waals surface area contributed by atoms with E-state index in [4.69, 9.17) is 16.3 Å². The number of hydrogen-bond acceptors (Lipinski definition) is 3. The van der Waals surface area contributed by atoms with E-state index >= 15 is 0 Å². The van der Waals surface area contributed by atoms with Gasteiger partial charge in [-0.15, -0.1) is 0 Å². The Hall–Kier alpha value is -1.68. The first-order valence-electron chi connectivity index (χ1n) is 6.29. The number of rotatable bonds is 5. The number of hydrogen-bond donors (Lipinski definition) is 1. The second-order valence-electron chi connectivity index (χ2n) is 4.32. The Morgan fingerprint density at radius 3 is 2.89 bits per heavy atom. The fourth-order valence-electron chi connectivity index (χ4n) is 1.85. The van der Waals surface area contributed by atoms with Gasteiger partial charge in [-0.1, -0.05) is 18.5 Å². The topological polar surface area (TPSA) is 39.1 Å². The van der Waals surface area contributed by atoms with Crippen LogP contribution in [0.5, 0.6) is 5.75 Å². The molecule has 4 nitrogen and oxygen atoms in total. The molecule has 0 unspecified atom stereocenters. The number of nitrogens with zero attached hydrogens (tertiary/aromatic N) is 2. The molecule has 0 radical (unpaired) electrons. The Morgan fingerprint density at radius 1 is 1.42 bits per heavy atom. The molecule has 0 saturated heterocycles. The third-order valence-electron chi connectivity index (χ3n) is 2.77. The molecule has 1 aromatic heterocycles. The molecule has 2 aromatic rings. The lowest BCUT2D eigenvalue weighted by Crippen LogP contribution is -2.06. The van der Waals surface area contributed by atoms with Crippen molar-refractivity contribution in [2.45, 2.75) is 20.3 Å². The molecule has 0 bridgehead atoms. The summed E-state index contributed by atoms with van der Waals surface area (Å²) in [4.78, 5) is 4.48. The zero-order valence-corrected chi connectivity index (χ0v) is 12.2. The smallest absolute Gasteiger partial charge is 0.207 e. The Bertz CT molecular complexity index is 566. The van der Waals surface area contributed by atoms with Crippen LogP contribution in [0.25, 0.3) is 5.69 Å². The molecule has 1 N–H and O–H groups in total. The fraction of sp³-hybridized carbons (Fsp3) is 0.357. The number of anilines is 1. The highest BCUT2D eigenvalue weighted by Gasteiger charge is 2.09. The molecule has 1 heterocycles. The van der Waals surface area contributed by atoms with E-state index in [9.17, 15) is 0 Å². The fourth-order valence-corrected chi connectivity index (χ4v) is 2.05. The van der Waals surface area contributed by atoms with Gasteiger partial charge in [-0.25, -0.2) is 4.98 Å². The molecular weight excluding hydrogens is 262 g/mol. The van der Waals surface area contributed by atoms with Gasteiger partial charge in [0.1, 0.15) is 5.75 Å². The largest absolute Gasteiger partial charge is 0.495 e. The minimum absolute atomic E-state index is 0.603. The van der Waals surface area contributed by atoms with Crippen LogP contribution in [0, 0.1) is 6.92 Å². The van der Waals surface area contributed by atoms with Crippen LogP contribution >= 0.6 is 11.6 Å². The van der Waals surface area contributed by atoms with Gasteiger partial charge in [0.2, 0.25) is 5.95 Å². The average molecular weight is 280 g/mol. The predicted molar refractivity (Wildman–Crippen MR) is 78.6 cm³/mol. The van der Waals surface area contributed by atoms with Crippen LogP contribution in [0.4, 0.5) is 5.95 Å². The molecule has 0 aliphatic carbocycles. The van der Waals surface area contributed by atoms with Crippen molar-refractivity contribution in [2.75, 3.05) is 19.0 Å². The number of aromatic nitrogens is 2. The van der Waals surface area contributed by atoms with Gasteiger partial charge >= 0.3 is 0 Å². The van der Waals surface area contributed by atoms with Crippen LogP contribution in [0.3, 0.4) is 0 Å². The summed E-state index contributed by atoms with van der Waals surface area (Å²) < 4.78 is 7.25. The molecule has 5 heteroatoms. The maximum Gasteiger partial charge on any atom is 0.207 e. The molecule has 0 aliphatic heterocycles. The lowest BCUT2D eigenvalue weighted by Gasteiger charge is -2.11.